The summed E-state index contributed by atoms with van der Waals surface area (Å²) in [7, 11) is 0. The minimum Gasteiger partial charge on any atom is -0.394 e. The molecule has 3 rings (SSSR count). The Labute approximate surface area is 142 Å². The molecule has 1 aliphatic heterocycles. The fourth-order valence-electron chi connectivity index (χ4n) is 2.21. The van der Waals surface area contributed by atoms with Crippen molar-refractivity contribution in [2.75, 3.05) is 31.6 Å². The van der Waals surface area contributed by atoms with Crippen LogP contribution in [0.4, 0.5) is 9.93 Å². The van der Waals surface area contributed by atoms with E-state index in [1.165, 1.54) is 0 Å². The van der Waals surface area contributed by atoms with Gasteiger partial charge < -0.3 is 14.7 Å². The third kappa shape index (κ3) is 3.78. The van der Waals surface area contributed by atoms with E-state index in [0.717, 1.165) is 17.1 Å². The Hall–Kier alpha value is -1.74. The lowest BCUT2D eigenvalue weighted by molar-refractivity contribution is -0.0388. The molecule has 2 aromatic rings. The van der Waals surface area contributed by atoms with Crippen molar-refractivity contribution in [3.8, 4) is 11.4 Å². The molecule has 2 N–H and O–H groups in total. The number of morpholine rings is 1. The molecule has 1 aromatic heterocycles. The van der Waals surface area contributed by atoms with E-state index in [0.29, 0.717) is 35.7 Å². The highest BCUT2D eigenvalue weighted by Gasteiger charge is 2.24. The van der Waals surface area contributed by atoms with Crippen LogP contribution in [0.2, 0.25) is 5.02 Å². The molecule has 1 saturated heterocycles. The van der Waals surface area contributed by atoms with Gasteiger partial charge in [-0.25, -0.2) is 4.79 Å². The molecule has 0 aliphatic carbocycles. The molecule has 0 unspecified atom stereocenters. The summed E-state index contributed by atoms with van der Waals surface area (Å²) in [6.07, 6.45) is -0.345. The zero-order valence-corrected chi connectivity index (χ0v) is 13.7. The quantitative estimate of drug-likeness (QED) is 0.881. The summed E-state index contributed by atoms with van der Waals surface area (Å²) in [5.74, 6) is 0.478. The van der Waals surface area contributed by atoms with E-state index in [1.54, 1.807) is 11.0 Å². The molecule has 1 fully saturated rings. The highest BCUT2D eigenvalue weighted by Crippen LogP contribution is 2.27. The molecule has 122 valence electrons. The SMILES string of the molecule is O=C(Nc1nc(-c2ccccc2Cl)ns1)N1CCO[C@@H](CO)C1. The van der Waals surface area contributed by atoms with Gasteiger partial charge in [0.25, 0.3) is 0 Å². The normalized spacial score (nSPS) is 18.0. The molecule has 0 radical (unpaired) electrons. The number of ether oxygens (including phenoxy) is 1. The number of rotatable bonds is 3. The summed E-state index contributed by atoms with van der Waals surface area (Å²) in [5.41, 5.74) is 0.720. The monoisotopic (exact) mass is 354 g/mol. The average Bonchev–Trinajstić information content (AvgIpc) is 3.03. The highest BCUT2D eigenvalue weighted by molar-refractivity contribution is 7.10. The van der Waals surface area contributed by atoms with Crippen LogP contribution in [0.5, 0.6) is 0 Å². The van der Waals surface area contributed by atoms with Gasteiger partial charge in [-0.1, -0.05) is 23.7 Å². The number of carbonyl (C=O) groups excluding carboxylic acids is 1. The Morgan fingerprint density at radius 3 is 3.13 bits per heavy atom. The Kier molecular flexibility index (Phi) is 5.06. The average molecular weight is 355 g/mol. The molecule has 2 amide bonds. The van der Waals surface area contributed by atoms with E-state index >= 15 is 0 Å². The van der Waals surface area contributed by atoms with Crippen LogP contribution in [0.1, 0.15) is 0 Å². The summed E-state index contributed by atoms with van der Waals surface area (Å²) in [5, 5.41) is 12.8. The van der Waals surface area contributed by atoms with Crippen molar-refractivity contribution >= 4 is 34.3 Å². The number of nitrogens with zero attached hydrogens (tertiary/aromatic N) is 3. The first-order valence-electron chi connectivity index (χ1n) is 7.04. The lowest BCUT2D eigenvalue weighted by Gasteiger charge is -2.31. The summed E-state index contributed by atoms with van der Waals surface area (Å²) in [6, 6.07) is 6.98. The van der Waals surface area contributed by atoms with Gasteiger partial charge in [0.15, 0.2) is 5.82 Å². The number of hydrogen-bond donors (Lipinski definition) is 2. The van der Waals surface area contributed by atoms with Gasteiger partial charge in [0.1, 0.15) is 0 Å². The van der Waals surface area contributed by atoms with Gasteiger partial charge in [-0.15, -0.1) is 0 Å². The molecule has 23 heavy (non-hydrogen) atoms. The molecule has 7 nitrogen and oxygen atoms in total. The molecule has 0 saturated carbocycles. The Bertz CT molecular complexity index is 696. The van der Waals surface area contributed by atoms with Crippen LogP contribution in [-0.4, -0.2) is 57.8 Å². The van der Waals surface area contributed by atoms with Crippen molar-refractivity contribution in [3.63, 3.8) is 0 Å². The Morgan fingerprint density at radius 2 is 2.35 bits per heavy atom. The molecule has 1 aromatic carbocycles. The molecule has 0 spiro atoms. The number of aliphatic hydroxyl groups excluding tert-OH is 1. The fraction of sp³-hybridized carbons (Fsp3) is 0.357. The summed E-state index contributed by atoms with van der Waals surface area (Å²) < 4.78 is 9.55. The zero-order valence-electron chi connectivity index (χ0n) is 12.1. The molecule has 9 heteroatoms. The minimum atomic E-state index is -0.345. The lowest BCUT2D eigenvalue weighted by Crippen LogP contribution is -2.48. The van der Waals surface area contributed by atoms with E-state index in [1.807, 2.05) is 18.2 Å². The number of amides is 2. The number of benzene rings is 1. The van der Waals surface area contributed by atoms with Crippen LogP contribution in [0.3, 0.4) is 0 Å². The van der Waals surface area contributed by atoms with Crippen molar-refractivity contribution in [3.05, 3.63) is 29.3 Å². The van der Waals surface area contributed by atoms with Crippen molar-refractivity contribution in [1.29, 1.82) is 0 Å². The van der Waals surface area contributed by atoms with Gasteiger partial charge in [-0.3, -0.25) is 5.32 Å². The van der Waals surface area contributed by atoms with Gasteiger partial charge in [-0.2, -0.15) is 9.36 Å². The number of halogens is 1. The maximum Gasteiger partial charge on any atom is 0.323 e. The molecular weight excluding hydrogens is 340 g/mol. The topological polar surface area (TPSA) is 87.6 Å². The van der Waals surface area contributed by atoms with Crippen LogP contribution in [0, 0.1) is 0 Å². The summed E-state index contributed by atoms with van der Waals surface area (Å²) in [4.78, 5) is 18.1. The van der Waals surface area contributed by atoms with Crippen LogP contribution < -0.4 is 5.32 Å². The zero-order chi connectivity index (χ0) is 16.2. The lowest BCUT2D eigenvalue weighted by atomic mass is 10.2. The van der Waals surface area contributed by atoms with Crippen molar-refractivity contribution in [2.24, 2.45) is 0 Å². The Morgan fingerprint density at radius 1 is 1.52 bits per heavy atom. The number of urea groups is 1. The van der Waals surface area contributed by atoms with E-state index in [9.17, 15) is 4.79 Å². The van der Waals surface area contributed by atoms with Crippen LogP contribution >= 0.6 is 23.1 Å². The van der Waals surface area contributed by atoms with Gasteiger partial charge in [0, 0.05) is 23.6 Å². The first-order valence-corrected chi connectivity index (χ1v) is 8.19. The number of carbonyl (C=O) groups is 1. The van der Waals surface area contributed by atoms with Gasteiger partial charge in [-0.05, 0) is 12.1 Å². The number of anilines is 1. The fourth-order valence-corrected chi connectivity index (χ4v) is 3.00. The Balaban J connectivity index is 1.67. The second-order valence-electron chi connectivity index (χ2n) is 4.95. The minimum absolute atomic E-state index is 0.112. The maximum atomic E-state index is 12.2. The predicted molar refractivity (Wildman–Crippen MR) is 87.8 cm³/mol. The van der Waals surface area contributed by atoms with Gasteiger partial charge in [0.2, 0.25) is 5.13 Å². The first-order chi connectivity index (χ1) is 11.2. The maximum absolute atomic E-state index is 12.2. The second kappa shape index (κ2) is 7.22. The number of aliphatic hydroxyl groups is 1. The van der Waals surface area contributed by atoms with Crippen LogP contribution in [0.25, 0.3) is 11.4 Å². The predicted octanol–water partition coefficient (Wildman–Crippen LogP) is 2.08. The third-order valence-electron chi connectivity index (χ3n) is 3.38. The van der Waals surface area contributed by atoms with Crippen molar-refractivity contribution in [2.45, 2.75) is 6.10 Å². The van der Waals surface area contributed by atoms with Crippen LogP contribution in [-0.2, 0) is 4.74 Å². The number of hydrogen-bond acceptors (Lipinski definition) is 6. The number of aromatic nitrogens is 2. The van der Waals surface area contributed by atoms with Gasteiger partial charge in [0.05, 0.1) is 30.9 Å². The molecule has 1 atom stereocenters. The standard InChI is InChI=1S/C14H15ClN4O3S/c15-11-4-2-1-3-10(11)12-16-13(23-18-12)17-14(21)19-5-6-22-9(7-19)8-20/h1-4,9,20H,5-8H2,(H,16,17,18,21)/t9-/m1/s1. The van der Waals surface area contributed by atoms with E-state index in [-0.39, 0.29) is 18.7 Å². The summed E-state index contributed by atoms with van der Waals surface area (Å²) in [6.45, 7) is 1.11. The van der Waals surface area contributed by atoms with Crippen molar-refractivity contribution in [1.82, 2.24) is 14.3 Å². The van der Waals surface area contributed by atoms with E-state index in [2.05, 4.69) is 14.7 Å². The smallest absolute Gasteiger partial charge is 0.323 e. The summed E-state index contributed by atoms with van der Waals surface area (Å²) >= 11 is 7.21. The highest BCUT2D eigenvalue weighted by atomic mass is 35.5. The third-order valence-corrected chi connectivity index (χ3v) is 4.34. The molecule has 1 aliphatic rings. The number of nitrogens with one attached hydrogen (secondary N) is 1. The molecular formula is C14H15ClN4O3S. The molecule has 0 bridgehead atoms. The van der Waals surface area contributed by atoms with E-state index < -0.39 is 0 Å². The largest absolute Gasteiger partial charge is 0.394 e. The van der Waals surface area contributed by atoms with Crippen molar-refractivity contribution < 1.29 is 14.6 Å². The first kappa shape index (κ1) is 16.1. The van der Waals surface area contributed by atoms with Gasteiger partial charge >= 0.3 is 6.03 Å². The van der Waals surface area contributed by atoms with Crippen LogP contribution in [0.15, 0.2) is 24.3 Å². The van der Waals surface area contributed by atoms with E-state index in [4.69, 9.17) is 21.4 Å². The second-order valence-corrected chi connectivity index (χ2v) is 6.11. The molecule has 2 heterocycles.